The van der Waals surface area contributed by atoms with Crippen molar-refractivity contribution < 1.29 is 28.2 Å². The van der Waals surface area contributed by atoms with Gasteiger partial charge in [-0.2, -0.15) is 5.26 Å². The van der Waals surface area contributed by atoms with Crippen LogP contribution in [0.25, 0.3) is 0 Å². The number of halogens is 1. The molecule has 0 saturated carbocycles. The van der Waals surface area contributed by atoms with Crippen LogP contribution in [0.3, 0.4) is 0 Å². The van der Waals surface area contributed by atoms with Gasteiger partial charge in [0.15, 0.2) is 11.5 Å². The third kappa shape index (κ3) is 5.34. The quantitative estimate of drug-likeness (QED) is 0.436. The molecule has 1 N–H and O–H groups in total. The topological polar surface area (TPSA) is 110 Å². The second-order valence-corrected chi connectivity index (χ2v) is 9.07. The first-order valence-corrected chi connectivity index (χ1v) is 12.1. The Hall–Kier alpha value is -4.71. The number of aryl methyl sites for hydroxylation is 1. The van der Waals surface area contributed by atoms with Crippen LogP contribution in [0.1, 0.15) is 47.7 Å². The number of nitriles is 1. The SMILES string of the molecule is CC(OC(=O)C1C(CCc2ccc3c(c2)OCO3)=NC(=O)NC1c1cccc(F)c1)c1cccc(C#N)c1. The van der Waals surface area contributed by atoms with Crippen LogP contribution in [0.4, 0.5) is 9.18 Å². The van der Waals surface area contributed by atoms with E-state index >= 15 is 0 Å². The average Bonchev–Trinajstić information content (AvgIpc) is 3.39. The molecular weight excluding hydrogens is 489 g/mol. The number of rotatable bonds is 7. The Kier molecular flexibility index (Phi) is 7.05. The summed E-state index contributed by atoms with van der Waals surface area (Å²) in [6.45, 7) is 1.86. The molecule has 0 spiro atoms. The van der Waals surface area contributed by atoms with E-state index in [4.69, 9.17) is 14.2 Å². The number of carbonyl (C=O) groups is 2. The number of hydrogen-bond donors (Lipinski definition) is 1. The van der Waals surface area contributed by atoms with E-state index in [9.17, 15) is 19.2 Å². The van der Waals surface area contributed by atoms with Crippen molar-refractivity contribution >= 4 is 17.7 Å². The minimum atomic E-state index is -0.981. The first-order valence-electron chi connectivity index (χ1n) is 12.1. The molecule has 3 atom stereocenters. The number of hydrogen-bond acceptors (Lipinski definition) is 6. The van der Waals surface area contributed by atoms with Gasteiger partial charge in [-0.3, -0.25) is 4.79 Å². The van der Waals surface area contributed by atoms with E-state index in [0.29, 0.717) is 40.3 Å². The zero-order valence-corrected chi connectivity index (χ0v) is 20.5. The maximum Gasteiger partial charge on any atom is 0.341 e. The Morgan fingerprint density at radius 2 is 1.95 bits per heavy atom. The van der Waals surface area contributed by atoms with E-state index in [2.05, 4.69) is 16.4 Å². The number of fused-ring (bicyclic) bond motifs is 1. The summed E-state index contributed by atoms with van der Waals surface area (Å²) in [5.41, 5.74) is 2.77. The standard InChI is InChI=1S/C29H24FN3O5/c1-17(20-5-2-4-19(12-20)15-31)38-28(34)26-23(10-8-18-9-11-24-25(13-18)37-16-36-24)32-29(35)33-27(26)21-6-3-7-22(30)14-21/h2-7,9,11-14,17,26-27H,8,10,16H2,1H3,(H,33,35). The molecule has 9 heteroatoms. The van der Waals surface area contributed by atoms with Crippen LogP contribution < -0.4 is 14.8 Å². The van der Waals surface area contributed by atoms with Crippen LogP contribution in [-0.4, -0.2) is 24.5 Å². The molecule has 2 heterocycles. The summed E-state index contributed by atoms with van der Waals surface area (Å²) in [6, 6.07) is 18.7. The summed E-state index contributed by atoms with van der Waals surface area (Å²) < 4.78 is 30.8. The van der Waals surface area contributed by atoms with Gasteiger partial charge in [0.25, 0.3) is 0 Å². The molecule has 5 rings (SSSR count). The van der Waals surface area contributed by atoms with Gasteiger partial charge < -0.3 is 19.5 Å². The number of aliphatic imine (C=N–C) groups is 1. The lowest BCUT2D eigenvalue weighted by atomic mass is 9.85. The predicted molar refractivity (Wildman–Crippen MR) is 135 cm³/mol. The van der Waals surface area contributed by atoms with Crippen LogP contribution in [0.15, 0.2) is 71.7 Å². The molecule has 3 aromatic rings. The monoisotopic (exact) mass is 513 g/mol. The Balaban J connectivity index is 1.43. The Labute approximate surface area is 218 Å². The van der Waals surface area contributed by atoms with Crippen LogP contribution in [0.2, 0.25) is 0 Å². The number of nitrogens with one attached hydrogen (secondary N) is 1. The Morgan fingerprint density at radius 3 is 2.76 bits per heavy atom. The fraction of sp³-hybridized carbons (Fsp3) is 0.241. The van der Waals surface area contributed by atoms with Gasteiger partial charge in [-0.05, 0) is 72.9 Å². The summed E-state index contributed by atoms with van der Waals surface area (Å²) >= 11 is 0. The van der Waals surface area contributed by atoms with Crippen molar-refractivity contribution in [3.8, 4) is 17.6 Å². The second-order valence-electron chi connectivity index (χ2n) is 9.07. The molecule has 2 aliphatic rings. The maximum absolute atomic E-state index is 14.1. The highest BCUT2D eigenvalue weighted by molar-refractivity contribution is 6.09. The zero-order chi connectivity index (χ0) is 26.6. The van der Waals surface area contributed by atoms with Crippen LogP contribution in [-0.2, 0) is 16.0 Å². The van der Waals surface area contributed by atoms with Gasteiger partial charge in [-0.15, -0.1) is 0 Å². The lowest BCUT2D eigenvalue weighted by Crippen LogP contribution is -2.45. The van der Waals surface area contributed by atoms with Gasteiger partial charge >= 0.3 is 12.0 Å². The van der Waals surface area contributed by atoms with Crippen molar-refractivity contribution in [3.63, 3.8) is 0 Å². The summed E-state index contributed by atoms with van der Waals surface area (Å²) in [5, 5.41) is 11.9. The second kappa shape index (κ2) is 10.7. The molecule has 0 aromatic heterocycles. The number of esters is 1. The molecule has 0 bridgehead atoms. The van der Waals surface area contributed by atoms with E-state index in [1.165, 1.54) is 18.2 Å². The third-order valence-corrected chi connectivity index (χ3v) is 6.56. The van der Waals surface area contributed by atoms with Crippen molar-refractivity contribution in [3.05, 3.63) is 94.8 Å². The van der Waals surface area contributed by atoms with E-state index in [1.54, 1.807) is 37.3 Å². The third-order valence-electron chi connectivity index (χ3n) is 6.56. The highest BCUT2D eigenvalue weighted by Crippen LogP contribution is 2.35. The van der Waals surface area contributed by atoms with E-state index in [1.807, 2.05) is 18.2 Å². The largest absolute Gasteiger partial charge is 0.457 e. The van der Waals surface area contributed by atoms with Gasteiger partial charge in [0.2, 0.25) is 6.79 Å². The molecule has 3 aromatic carbocycles. The first kappa shape index (κ1) is 25.0. The van der Waals surface area contributed by atoms with Crippen LogP contribution in [0.5, 0.6) is 11.5 Å². The normalized spacial score (nSPS) is 18.7. The first-order chi connectivity index (χ1) is 18.4. The van der Waals surface area contributed by atoms with Crippen molar-refractivity contribution in [2.45, 2.75) is 31.9 Å². The molecule has 3 unspecified atom stereocenters. The molecule has 2 amide bonds. The molecule has 2 aliphatic heterocycles. The molecular formula is C29H24FN3O5. The lowest BCUT2D eigenvalue weighted by molar-refractivity contribution is -0.152. The molecule has 192 valence electrons. The highest BCUT2D eigenvalue weighted by Gasteiger charge is 2.40. The van der Waals surface area contributed by atoms with E-state index < -0.39 is 35.9 Å². The number of urea groups is 1. The fourth-order valence-corrected chi connectivity index (χ4v) is 4.65. The molecule has 0 aliphatic carbocycles. The summed E-state index contributed by atoms with van der Waals surface area (Å²) in [6.07, 6.45) is 0.0933. The zero-order valence-electron chi connectivity index (χ0n) is 20.5. The number of nitrogens with zero attached hydrogens (tertiary/aromatic N) is 2. The minimum absolute atomic E-state index is 0.157. The van der Waals surface area contributed by atoms with Crippen LogP contribution >= 0.6 is 0 Å². The van der Waals surface area contributed by atoms with Crippen LogP contribution in [0, 0.1) is 23.1 Å². The smallest absolute Gasteiger partial charge is 0.341 e. The molecule has 0 fully saturated rings. The van der Waals surface area contributed by atoms with Gasteiger partial charge in [-0.1, -0.05) is 30.3 Å². The maximum atomic E-state index is 14.1. The summed E-state index contributed by atoms with van der Waals surface area (Å²) in [4.78, 5) is 30.4. The van der Waals surface area contributed by atoms with E-state index in [-0.39, 0.29) is 13.2 Å². The summed E-state index contributed by atoms with van der Waals surface area (Å²) in [5.74, 6) is -0.795. The van der Waals surface area contributed by atoms with Gasteiger partial charge in [0.05, 0.1) is 17.7 Å². The van der Waals surface area contributed by atoms with Crippen molar-refractivity contribution in [2.75, 3.05) is 6.79 Å². The Morgan fingerprint density at radius 1 is 1.13 bits per heavy atom. The van der Waals surface area contributed by atoms with Crippen molar-refractivity contribution in [1.29, 1.82) is 5.26 Å². The number of carbonyl (C=O) groups excluding carboxylic acids is 2. The fourth-order valence-electron chi connectivity index (χ4n) is 4.65. The van der Waals surface area contributed by atoms with Gasteiger partial charge in [0.1, 0.15) is 17.8 Å². The Bertz CT molecular complexity index is 1460. The average molecular weight is 514 g/mol. The van der Waals surface area contributed by atoms with E-state index in [0.717, 1.165) is 5.56 Å². The predicted octanol–water partition coefficient (Wildman–Crippen LogP) is 5.18. The van der Waals surface area contributed by atoms with Gasteiger partial charge in [-0.25, -0.2) is 14.2 Å². The van der Waals surface area contributed by atoms with Gasteiger partial charge in [0, 0.05) is 5.71 Å². The lowest BCUT2D eigenvalue weighted by Gasteiger charge is -2.32. The molecule has 0 saturated heterocycles. The molecule has 0 radical (unpaired) electrons. The number of ether oxygens (including phenoxy) is 3. The van der Waals surface area contributed by atoms with Crippen molar-refractivity contribution in [2.24, 2.45) is 10.9 Å². The molecule has 8 nitrogen and oxygen atoms in total. The minimum Gasteiger partial charge on any atom is -0.457 e. The molecule has 38 heavy (non-hydrogen) atoms. The highest BCUT2D eigenvalue weighted by atomic mass is 19.1. The van der Waals surface area contributed by atoms with Crippen molar-refractivity contribution in [1.82, 2.24) is 5.32 Å². The number of amides is 2. The summed E-state index contributed by atoms with van der Waals surface area (Å²) in [7, 11) is 0. The number of benzene rings is 3.